The average Bonchev–Trinajstić information content (AvgIpc) is 2.46. The Bertz CT molecular complexity index is 604. The molecule has 0 aliphatic rings. The van der Waals surface area contributed by atoms with Crippen molar-refractivity contribution in [1.82, 2.24) is 0 Å². The second kappa shape index (κ2) is 6.48. The maximum absolute atomic E-state index is 13.6. The largest absolute Gasteiger partial charge is 0.495 e. The van der Waals surface area contributed by atoms with E-state index in [-0.39, 0.29) is 11.6 Å². The lowest BCUT2D eigenvalue weighted by atomic mass is 10.2. The molecule has 0 aliphatic carbocycles. The summed E-state index contributed by atoms with van der Waals surface area (Å²) in [5.74, 6) is 0.458. The number of methoxy groups -OCH3 is 2. The average molecular weight is 296 g/mol. The van der Waals surface area contributed by atoms with Crippen molar-refractivity contribution in [3.63, 3.8) is 0 Å². The SMILES string of the molecule is COc1ccc(CNc2ccc(Cl)c(OC)c2)cc1F. The van der Waals surface area contributed by atoms with Crippen molar-refractivity contribution in [3.8, 4) is 11.5 Å². The van der Waals surface area contributed by atoms with Crippen LogP contribution in [0.3, 0.4) is 0 Å². The molecule has 20 heavy (non-hydrogen) atoms. The first-order chi connectivity index (χ1) is 9.63. The van der Waals surface area contributed by atoms with Crippen LogP contribution in [0.1, 0.15) is 5.56 Å². The van der Waals surface area contributed by atoms with E-state index in [4.69, 9.17) is 21.1 Å². The molecule has 0 aliphatic heterocycles. The number of rotatable bonds is 5. The van der Waals surface area contributed by atoms with Gasteiger partial charge in [0.1, 0.15) is 5.75 Å². The first kappa shape index (κ1) is 14.5. The number of benzene rings is 2. The Hall–Kier alpha value is -1.94. The van der Waals surface area contributed by atoms with Crippen LogP contribution < -0.4 is 14.8 Å². The third kappa shape index (κ3) is 3.33. The minimum Gasteiger partial charge on any atom is -0.495 e. The molecule has 0 heterocycles. The van der Waals surface area contributed by atoms with Crippen molar-refractivity contribution < 1.29 is 13.9 Å². The molecule has 0 saturated heterocycles. The summed E-state index contributed by atoms with van der Waals surface area (Å²) in [7, 11) is 3.00. The Morgan fingerprint density at radius 1 is 1.05 bits per heavy atom. The summed E-state index contributed by atoms with van der Waals surface area (Å²) in [6.45, 7) is 0.492. The van der Waals surface area contributed by atoms with Gasteiger partial charge >= 0.3 is 0 Å². The van der Waals surface area contributed by atoms with E-state index in [0.29, 0.717) is 17.3 Å². The van der Waals surface area contributed by atoms with Crippen LogP contribution in [0.15, 0.2) is 36.4 Å². The predicted molar refractivity (Wildman–Crippen MR) is 78.3 cm³/mol. The van der Waals surface area contributed by atoms with Crippen LogP contribution in [0.2, 0.25) is 5.02 Å². The Morgan fingerprint density at radius 2 is 1.80 bits per heavy atom. The lowest BCUT2D eigenvalue weighted by molar-refractivity contribution is 0.386. The minimum atomic E-state index is -0.375. The van der Waals surface area contributed by atoms with Crippen molar-refractivity contribution in [2.24, 2.45) is 0 Å². The predicted octanol–water partition coefficient (Wildman–Crippen LogP) is 4.11. The maximum Gasteiger partial charge on any atom is 0.165 e. The van der Waals surface area contributed by atoms with E-state index in [1.165, 1.54) is 13.2 Å². The monoisotopic (exact) mass is 295 g/mol. The lowest BCUT2D eigenvalue weighted by Gasteiger charge is -2.10. The highest BCUT2D eigenvalue weighted by Gasteiger charge is 2.05. The molecule has 1 N–H and O–H groups in total. The Balaban J connectivity index is 2.07. The van der Waals surface area contributed by atoms with Gasteiger partial charge in [0.15, 0.2) is 11.6 Å². The highest BCUT2D eigenvalue weighted by atomic mass is 35.5. The van der Waals surface area contributed by atoms with Crippen LogP contribution >= 0.6 is 11.6 Å². The summed E-state index contributed by atoms with van der Waals surface area (Å²) < 4.78 is 23.6. The van der Waals surface area contributed by atoms with Gasteiger partial charge in [-0.3, -0.25) is 0 Å². The summed E-state index contributed by atoms with van der Waals surface area (Å²) in [6.07, 6.45) is 0. The molecular weight excluding hydrogens is 281 g/mol. The molecule has 0 fully saturated rings. The molecule has 3 nitrogen and oxygen atoms in total. The molecular formula is C15H15ClFNO2. The van der Waals surface area contributed by atoms with Crippen LogP contribution in [-0.4, -0.2) is 14.2 Å². The molecule has 0 aromatic heterocycles. The van der Waals surface area contributed by atoms with Crippen molar-refractivity contribution in [2.45, 2.75) is 6.54 Å². The van der Waals surface area contributed by atoms with Crippen molar-refractivity contribution >= 4 is 17.3 Å². The van der Waals surface area contributed by atoms with Crippen LogP contribution in [0.5, 0.6) is 11.5 Å². The fourth-order valence-corrected chi connectivity index (χ4v) is 1.99. The number of nitrogens with one attached hydrogen (secondary N) is 1. The fraction of sp³-hybridized carbons (Fsp3) is 0.200. The first-order valence-electron chi connectivity index (χ1n) is 6.04. The molecule has 0 atom stereocenters. The van der Waals surface area contributed by atoms with E-state index in [9.17, 15) is 4.39 Å². The summed E-state index contributed by atoms with van der Waals surface area (Å²) in [5, 5.41) is 3.73. The van der Waals surface area contributed by atoms with Gasteiger partial charge in [0, 0.05) is 18.3 Å². The third-order valence-corrected chi connectivity index (χ3v) is 3.18. The van der Waals surface area contributed by atoms with Crippen molar-refractivity contribution in [2.75, 3.05) is 19.5 Å². The van der Waals surface area contributed by atoms with Gasteiger partial charge in [-0.05, 0) is 29.8 Å². The van der Waals surface area contributed by atoms with E-state index < -0.39 is 0 Å². The van der Waals surface area contributed by atoms with E-state index >= 15 is 0 Å². The maximum atomic E-state index is 13.6. The zero-order valence-electron chi connectivity index (χ0n) is 11.2. The second-order valence-electron chi connectivity index (χ2n) is 4.17. The molecule has 0 bridgehead atoms. The van der Waals surface area contributed by atoms with Crippen LogP contribution in [-0.2, 0) is 6.54 Å². The van der Waals surface area contributed by atoms with Gasteiger partial charge in [-0.15, -0.1) is 0 Å². The van der Waals surface area contributed by atoms with Gasteiger partial charge in [0.05, 0.1) is 19.2 Å². The van der Waals surface area contributed by atoms with Gasteiger partial charge in [0.2, 0.25) is 0 Å². The van der Waals surface area contributed by atoms with E-state index in [1.807, 2.05) is 12.1 Å². The van der Waals surface area contributed by atoms with Gasteiger partial charge in [0.25, 0.3) is 0 Å². The Labute approximate surface area is 122 Å². The summed E-state index contributed by atoms with van der Waals surface area (Å²) >= 11 is 5.95. The molecule has 2 aromatic rings. The van der Waals surface area contributed by atoms with E-state index in [0.717, 1.165) is 11.3 Å². The van der Waals surface area contributed by atoms with Crippen molar-refractivity contribution in [1.29, 1.82) is 0 Å². The van der Waals surface area contributed by atoms with Gasteiger partial charge in [-0.1, -0.05) is 17.7 Å². The molecule has 5 heteroatoms. The number of anilines is 1. The Morgan fingerprint density at radius 3 is 2.45 bits per heavy atom. The van der Waals surface area contributed by atoms with Crippen molar-refractivity contribution in [3.05, 3.63) is 52.8 Å². The Kier molecular flexibility index (Phi) is 4.69. The standard InChI is InChI=1S/C15H15ClFNO2/c1-19-14-6-3-10(7-13(14)17)9-18-11-4-5-12(16)15(8-11)20-2/h3-8,18H,9H2,1-2H3. The van der Waals surface area contributed by atoms with Crippen LogP contribution in [0, 0.1) is 5.82 Å². The normalized spacial score (nSPS) is 10.2. The molecule has 0 spiro atoms. The number of halogens is 2. The molecule has 2 rings (SSSR count). The van der Waals surface area contributed by atoms with Crippen LogP contribution in [0.4, 0.5) is 10.1 Å². The summed E-state index contributed by atoms with van der Waals surface area (Å²) in [6, 6.07) is 10.2. The molecule has 0 unspecified atom stereocenters. The first-order valence-corrected chi connectivity index (χ1v) is 6.41. The van der Waals surface area contributed by atoms with Gasteiger partial charge in [-0.2, -0.15) is 0 Å². The molecule has 106 valence electrons. The summed E-state index contributed by atoms with van der Waals surface area (Å²) in [5.41, 5.74) is 1.67. The quantitative estimate of drug-likeness (QED) is 0.900. The van der Waals surface area contributed by atoms with Gasteiger partial charge in [-0.25, -0.2) is 4.39 Å². The van der Waals surface area contributed by atoms with Gasteiger partial charge < -0.3 is 14.8 Å². The summed E-state index contributed by atoms with van der Waals surface area (Å²) in [4.78, 5) is 0. The fourth-order valence-electron chi connectivity index (χ4n) is 1.79. The third-order valence-electron chi connectivity index (χ3n) is 2.86. The second-order valence-corrected chi connectivity index (χ2v) is 4.58. The molecule has 0 radical (unpaired) electrons. The zero-order chi connectivity index (χ0) is 14.5. The highest BCUT2D eigenvalue weighted by Crippen LogP contribution is 2.27. The topological polar surface area (TPSA) is 30.5 Å². The number of hydrogen-bond acceptors (Lipinski definition) is 3. The van der Waals surface area contributed by atoms with E-state index in [2.05, 4.69) is 5.32 Å². The smallest absolute Gasteiger partial charge is 0.165 e. The molecule has 0 saturated carbocycles. The zero-order valence-corrected chi connectivity index (χ0v) is 12.0. The lowest BCUT2D eigenvalue weighted by Crippen LogP contribution is -2.01. The highest BCUT2D eigenvalue weighted by molar-refractivity contribution is 6.32. The molecule has 0 amide bonds. The minimum absolute atomic E-state index is 0.238. The number of hydrogen-bond donors (Lipinski definition) is 1. The number of ether oxygens (including phenoxy) is 2. The molecule has 2 aromatic carbocycles. The van der Waals surface area contributed by atoms with Crippen LogP contribution in [0.25, 0.3) is 0 Å². The van der Waals surface area contributed by atoms with E-state index in [1.54, 1.807) is 25.3 Å².